The fraction of sp³-hybridized carbons (Fsp3) is 0.591. The molecule has 0 bridgehead atoms. The van der Waals surface area contributed by atoms with Gasteiger partial charge in [-0.1, -0.05) is 62.6 Å². The van der Waals surface area contributed by atoms with E-state index in [1.807, 2.05) is 12.2 Å². The van der Waals surface area contributed by atoms with Gasteiger partial charge in [-0.3, -0.25) is 10.1 Å². The summed E-state index contributed by atoms with van der Waals surface area (Å²) < 4.78 is 0. The minimum Gasteiger partial charge on any atom is -0.303 e. The molecule has 0 radical (unpaired) electrons. The molecule has 0 saturated carbocycles. The van der Waals surface area contributed by atoms with Crippen molar-refractivity contribution in [1.82, 2.24) is 0 Å². The zero-order chi connectivity index (χ0) is 19.3. The van der Waals surface area contributed by atoms with Crippen LogP contribution < -0.4 is 0 Å². The Morgan fingerprint density at radius 2 is 1.42 bits per heavy atom. The minimum atomic E-state index is -0.268. The average Bonchev–Trinajstić information content (AvgIpc) is 2.63. The molecule has 0 fully saturated rings. The zero-order valence-corrected chi connectivity index (χ0v) is 16.3. The number of aldehydes is 1. The van der Waals surface area contributed by atoms with Crippen LogP contribution in [0.25, 0.3) is 0 Å². The number of unbranched alkanes of at least 4 members (excludes halogenated alkanes) is 7. The van der Waals surface area contributed by atoms with Gasteiger partial charge in [-0.15, -0.1) is 0 Å². The van der Waals surface area contributed by atoms with Crippen molar-refractivity contribution in [2.75, 3.05) is 0 Å². The molecule has 0 rings (SSSR count). The molecule has 4 nitrogen and oxygen atoms in total. The Kier molecular flexibility index (Phi) is 17.9. The number of hydrogen-bond acceptors (Lipinski definition) is 3. The summed E-state index contributed by atoms with van der Waals surface area (Å²) in [4.78, 5) is 20.9. The highest BCUT2D eigenvalue weighted by molar-refractivity contribution is 5.48. The predicted octanol–water partition coefficient (Wildman–Crippen LogP) is 6.72. The highest BCUT2D eigenvalue weighted by atomic mass is 16.6. The van der Waals surface area contributed by atoms with Crippen LogP contribution in [0.15, 0.2) is 48.2 Å². The molecule has 0 aromatic rings. The number of carbonyl (C=O) groups excluding carboxylic acids is 1. The summed E-state index contributed by atoms with van der Waals surface area (Å²) in [6, 6.07) is 0. The number of rotatable bonds is 17. The third-order valence-electron chi connectivity index (χ3n) is 3.99. The smallest absolute Gasteiger partial charge is 0.246 e. The number of nitrogens with zero attached hydrogens (tertiary/aromatic N) is 1. The van der Waals surface area contributed by atoms with E-state index in [1.54, 1.807) is 6.08 Å². The minimum absolute atomic E-state index is 0.268. The number of nitro groups is 1. The fourth-order valence-electron chi connectivity index (χ4n) is 2.43. The van der Waals surface area contributed by atoms with Crippen molar-refractivity contribution < 1.29 is 9.72 Å². The lowest BCUT2D eigenvalue weighted by atomic mass is 10.1. The first kappa shape index (κ1) is 24.0. The molecule has 0 N–H and O–H groups in total. The Hall–Kier alpha value is -1.97. The molecule has 0 aliphatic carbocycles. The van der Waals surface area contributed by atoms with Gasteiger partial charge < -0.3 is 4.79 Å². The third kappa shape index (κ3) is 16.9. The standard InChI is InChI=1S/C22H35NO3/c1-2-3-4-16-19-22(23(25)26)20-17-14-12-10-8-6-5-7-9-11-13-15-18-21-24/h5,7-8,10,14,17,19,21H,2-4,6,9,11-13,15-16,18,20H2,1H3/b7-5-,10-8-,17-14-,22-19+. The van der Waals surface area contributed by atoms with Crippen LogP contribution in [0.2, 0.25) is 0 Å². The van der Waals surface area contributed by atoms with Crippen LogP contribution in [0.3, 0.4) is 0 Å². The van der Waals surface area contributed by atoms with Crippen LogP contribution >= 0.6 is 0 Å². The second kappa shape index (κ2) is 19.4. The Morgan fingerprint density at radius 1 is 0.808 bits per heavy atom. The second-order valence-corrected chi connectivity index (χ2v) is 6.34. The van der Waals surface area contributed by atoms with E-state index in [2.05, 4.69) is 31.2 Å². The molecular formula is C22H35NO3. The fourth-order valence-corrected chi connectivity index (χ4v) is 2.43. The maximum Gasteiger partial charge on any atom is 0.246 e. The molecule has 0 saturated heterocycles. The third-order valence-corrected chi connectivity index (χ3v) is 3.99. The van der Waals surface area contributed by atoms with Gasteiger partial charge in [0.25, 0.3) is 0 Å². The molecule has 0 spiro atoms. The summed E-state index contributed by atoms with van der Waals surface area (Å²) in [5, 5.41) is 11.0. The number of hydrogen-bond donors (Lipinski definition) is 0. The first-order valence-electron chi connectivity index (χ1n) is 9.94. The van der Waals surface area contributed by atoms with Crippen LogP contribution in [0.4, 0.5) is 0 Å². The van der Waals surface area contributed by atoms with Gasteiger partial charge in [0.2, 0.25) is 5.70 Å². The van der Waals surface area contributed by atoms with E-state index in [1.165, 1.54) is 0 Å². The molecule has 0 aliphatic rings. The second-order valence-electron chi connectivity index (χ2n) is 6.34. The Labute approximate surface area is 158 Å². The Morgan fingerprint density at radius 3 is 2.08 bits per heavy atom. The molecule has 0 unspecified atom stereocenters. The molecule has 0 aliphatic heterocycles. The van der Waals surface area contributed by atoms with Crippen LogP contribution in [0.1, 0.15) is 84.0 Å². The van der Waals surface area contributed by atoms with Crippen LogP contribution in [-0.2, 0) is 4.79 Å². The van der Waals surface area contributed by atoms with Gasteiger partial charge >= 0.3 is 0 Å². The molecule has 0 aromatic heterocycles. The summed E-state index contributed by atoms with van der Waals surface area (Å²) >= 11 is 0. The number of carbonyl (C=O) groups is 1. The highest BCUT2D eigenvalue weighted by Crippen LogP contribution is 2.09. The summed E-state index contributed by atoms with van der Waals surface area (Å²) in [5.74, 6) is 0. The van der Waals surface area contributed by atoms with Gasteiger partial charge in [0.05, 0.1) is 11.3 Å². The molecule has 0 heterocycles. The molecule has 4 heteroatoms. The van der Waals surface area contributed by atoms with Crippen molar-refractivity contribution in [2.45, 2.75) is 84.0 Å². The summed E-state index contributed by atoms with van der Waals surface area (Å²) in [7, 11) is 0. The van der Waals surface area contributed by atoms with Crippen LogP contribution in [0, 0.1) is 10.1 Å². The summed E-state index contributed by atoms with van der Waals surface area (Å²) in [6.07, 6.45) is 26.3. The molecule has 0 aromatic carbocycles. The topological polar surface area (TPSA) is 60.2 Å². The maximum atomic E-state index is 11.0. The number of allylic oxidation sites excluding steroid dienone is 7. The predicted molar refractivity (Wildman–Crippen MR) is 110 cm³/mol. The molecule has 26 heavy (non-hydrogen) atoms. The van der Waals surface area contributed by atoms with Gasteiger partial charge in [-0.25, -0.2) is 0 Å². The van der Waals surface area contributed by atoms with Crippen molar-refractivity contribution >= 4 is 6.29 Å². The van der Waals surface area contributed by atoms with Gasteiger partial charge in [0, 0.05) is 6.42 Å². The van der Waals surface area contributed by atoms with Crippen LogP contribution in [0.5, 0.6) is 0 Å². The van der Waals surface area contributed by atoms with Gasteiger partial charge in [0.15, 0.2) is 0 Å². The van der Waals surface area contributed by atoms with E-state index in [9.17, 15) is 14.9 Å². The SMILES string of the molecule is CCCCC/C=C(\C/C=C\C/C=C\C/C=C\CCCCCC=O)[N+](=O)[O-]. The summed E-state index contributed by atoms with van der Waals surface area (Å²) in [5.41, 5.74) is 0.303. The highest BCUT2D eigenvalue weighted by Gasteiger charge is 2.06. The van der Waals surface area contributed by atoms with Crippen molar-refractivity contribution in [3.8, 4) is 0 Å². The lowest BCUT2D eigenvalue weighted by molar-refractivity contribution is -0.427. The first-order valence-corrected chi connectivity index (χ1v) is 9.94. The van der Waals surface area contributed by atoms with Crippen molar-refractivity contribution in [1.29, 1.82) is 0 Å². The lowest BCUT2D eigenvalue weighted by Gasteiger charge is -1.95. The Balaban J connectivity index is 3.80. The van der Waals surface area contributed by atoms with Crippen molar-refractivity contribution in [2.24, 2.45) is 0 Å². The van der Waals surface area contributed by atoms with E-state index < -0.39 is 0 Å². The van der Waals surface area contributed by atoms with Gasteiger partial charge in [-0.05, 0) is 51.0 Å². The van der Waals surface area contributed by atoms with Crippen molar-refractivity contribution in [3.63, 3.8) is 0 Å². The van der Waals surface area contributed by atoms with E-state index in [-0.39, 0.29) is 4.92 Å². The molecule has 0 atom stereocenters. The van der Waals surface area contributed by atoms with Crippen molar-refractivity contribution in [3.05, 3.63) is 58.3 Å². The average molecular weight is 362 g/mol. The molecule has 0 amide bonds. The lowest BCUT2D eigenvalue weighted by Crippen LogP contribution is -1.97. The Bertz CT molecular complexity index is 476. The zero-order valence-electron chi connectivity index (χ0n) is 16.3. The maximum absolute atomic E-state index is 11.0. The van der Waals surface area contributed by atoms with E-state index in [4.69, 9.17) is 0 Å². The largest absolute Gasteiger partial charge is 0.303 e. The van der Waals surface area contributed by atoms with Crippen LogP contribution in [-0.4, -0.2) is 11.2 Å². The molecule has 146 valence electrons. The quantitative estimate of drug-likeness (QED) is 0.0950. The van der Waals surface area contributed by atoms with E-state index >= 15 is 0 Å². The van der Waals surface area contributed by atoms with Gasteiger partial charge in [-0.2, -0.15) is 0 Å². The molecular weight excluding hydrogens is 326 g/mol. The van der Waals surface area contributed by atoms with Gasteiger partial charge in [0.1, 0.15) is 6.29 Å². The van der Waals surface area contributed by atoms with E-state index in [0.29, 0.717) is 18.5 Å². The monoisotopic (exact) mass is 361 g/mol. The summed E-state index contributed by atoms with van der Waals surface area (Å²) in [6.45, 7) is 2.13. The normalized spacial score (nSPS) is 12.6. The van der Waals surface area contributed by atoms with E-state index in [0.717, 1.165) is 70.5 Å². The first-order chi connectivity index (χ1) is 12.7.